The van der Waals surface area contributed by atoms with E-state index in [1.54, 1.807) is 30.9 Å². The van der Waals surface area contributed by atoms with Crippen LogP contribution in [0.1, 0.15) is 26.7 Å². The van der Waals surface area contributed by atoms with Crippen LogP contribution >= 0.6 is 11.6 Å². The van der Waals surface area contributed by atoms with Crippen LogP contribution in [0.2, 0.25) is 5.02 Å². The highest BCUT2D eigenvalue weighted by molar-refractivity contribution is 7.92. The maximum Gasteiger partial charge on any atom is 0.153 e. The molecule has 0 radical (unpaired) electrons. The molecular formula is C14H24ClN3O3S. The second-order valence-electron chi connectivity index (χ2n) is 6.80. The van der Waals surface area contributed by atoms with E-state index in [0.717, 1.165) is 6.42 Å². The summed E-state index contributed by atoms with van der Waals surface area (Å²) in [5.74, 6) is 0.296. The predicted molar refractivity (Wildman–Crippen MR) is 86.7 cm³/mol. The molecule has 8 heteroatoms. The molecule has 0 amide bonds. The number of hydrogen-bond donors (Lipinski definition) is 2. The van der Waals surface area contributed by atoms with Gasteiger partial charge in [-0.3, -0.25) is 4.68 Å². The van der Waals surface area contributed by atoms with Gasteiger partial charge in [0.2, 0.25) is 0 Å². The molecule has 0 aliphatic heterocycles. The zero-order chi connectivity index (χ0) is 16.5. The predicted octanol–water partition coefficient (Wildman–Crippen LogP) is 1.09. The quantitative estimate of drug-likeness (QED) is 0.803. The number of aliphatic hydroxyl groups excluding tert-OH is 1. The number of nitrogens with zero attached hydrogens (tertiary/aromatic N) is 2. The van der Waals surface area contributed by atoms with Gasteiger partial charge in [0.15, 0.2) is 9.84 Å². The van der Waals surface area contributed by atoms with E-state index in [1.807, 2.05) is 0 Å². The van der Waals surface area contributed by atoms with Crippen molar-refractivity contribution in [2.24, 2.45) is 5.92 Å². The van der Waals surface area contributed by atoms with E-state index in [4.69, 9.17) is 11.6 Å². The molecule has 22 heavy (non-hydrogen) atoms. The molecule has 0 bridgehead atoms. The van der Waals surface area contributed by atoms with E-state index >= 15 is 0 Å². The fourth-order valence-electron chi connectivity index (χ4n) is 2.70. The van der Waals surface area contributed by atoms with Gasteiger partial charge in [0.05, 0.1) is 22.1 Å². The number of rotatable bonds is 6. The maximum absolute atomic E-state index is 11.7. The maximum atomic E-state index is 11.7. The summed E-state index contributed by atoms with van der Waals surface area (Å²) in [6, 6.07) is -0.0861. The first kappa shape index (κ1) is 17.7. The van der Waals surface area contributed by atoms with Gasteiger partial charge in [0, 0.05) is 31.6 Å². The smallest absolute Gasteiger partial charge is 0.153 e. The third-order valence-electron chi connectivity index (χ3n) is 4.47. The fraction of sp³-hybridized carbons (Fsp3) is 0.786. The summed E-state index contributed by atoms with van der Waals surface area (Å²) in [6.07, 6.45) is 5.60. The van der Waals surface area contributed by atoms with E-state index in [-0.39, 0.29) is 6.04 Å². The van der Waals surface area contributed by atoms with Crippen LogP contribution < -0.4 is 5.32 Å². The summed E-state index contributed by atoms with van der Waals surface area (Å²) < 4.78 is 24.4. The number of aliphatic hydroxyl groups is 1. The SMILES string of the molecule is CC(C)(CN[C@@H]1CC(Cn2cc(Cl)cn2)C[C@H]1O)S(C)(=O)=O. The Balaban J connectivity index is 1.89. The molecule has 6 nitrogen and oxygen atoms in total. The molecule has 0 saturated heterocycles. The molecule has 1 saturated carbocycles. The van der Waals surface area contributed by atoms with Gasteiger partial charge in [0.1, 0.15) is 0 Å². The highest BCUT2D eigenvalue weighted by atomic mass is 35.5. The van der Waals surface area contributed by atoms with Gasteiger partial charge < -0.3 is 10.4 Å². The third kappa shape index (κ3) is 4.22. The van der Waals surface area contributed by atoms with Crippen molar-refractivity contribution in [3.05, 3.63) is 17.4 Å². The Morgan fingerprint density at radius 2 is 2.18 bits per heavy atom. The summed E-state index contributed by atoms with van der Waals surface area (Å²) in [7, 11) is -3.14. The Hall–Kier alpha value is -0.630. The molecule has 2 N–H and O–H groups in total. The van der Waals surface area contributed by atoms with Gasteiger partial charge in [-0.05, 0) is 32.6 Å². The zero-order valence-corrected chi connectivity index (χ0v) is 14.7. The Labute approximate surface area is 136 Å². The van der Waals surface area contributed by atoms with Crippen LogP contribution in [0.15, 0.2) is 12.4 Å². The van der Waals surface area contributed by atoms with Crippen LogP contribution in [0.4, 0.5) is 0 Å². The van der Waals surface area contributed by atoms with Crippen molar-refractivity contribution in [2.45, 2.75) is 50.1 Å². The van der Waals surface area contributed by atoms with E-state index in [1.165, 1.54) is 6.26 Å². The minimum atomic E-state index is -3.14. The van der Waals surface area contributed by atoms with Crippen LogP contribution in [0, 0.1) is 5.92 Å². The minimum Gasteiger partial charge on any atom is -0.391 e. The van der Waals surface area contributed by atoms with Gasteiger partial charge in [-0.25, -0.2) is 8.42 Å². The van der Waals surface area contributed by atoms with Crippen molar-refractivity contribution in [3.8, 4) is 0 Å². The molecule has 126 valence electrons. The van der Waals surface area contributed by atoms with E-state index in [9.17, 15) is 13.5 Å². The Morgan fingerprint density at radius 1 is 1.50 bits per heavy atom. The summed E-state index contributed by atoms with van der Waals surface area (Å²) in [4.78, 5) is 0. The highest BCUT2D eigenvalue weighted by Gasteiger charge is 2.36. The van der Waals surface area contributed by atoms with E-state index in [2.05, 4.69) is 10.4 Å². The molecule has 1 aromatic rings. The summed E-state index contributed by atoms with van der Waals surface area (Å²) in [5.41, 5.74) is 0. The number of sulfone groups is 1. The Bertz CT molecular complexity index is 615. The first-order chi connectivity index (χ1) is 10.1. The standard InChI is InChI=1S/C14H24ClN3O3S/c1-14(2,22(3,20)21)9-16-12-4-10(5-13(12)19)7-18-8-11(15)6-17-18/h6,8,10,12-13,16,19H,4-5,7,9H2,1-3H3/t10?,12-,13-/m1/s1. The van der Waals surface area contributed by atoms with Crippen molar-refractivity contribution >= 4 is 21.4 Å². The molecule has 1 heterocycles. The van der Waals surface area contributed by atoms with Gasteiger partial charge in [-0.1, -0.05) is 11.6 Å². The lowest BCUT2D eigenvalue weighted by atomic mass is 10.1. The summed E-state index contributed by atoms with van der Waals surface area (Å²) in [5, 5.41) is 18.1. The van der Waals surface area contributed by atoms with Crippen molar-refractivity contribution in [3.63, 3.8) is 0 Å². The van der Waals surface area contributed by atoms with Crippen LogP contribution in [-0.4, -0.2) is 53.0 Å². The lowest BCUT2D eigenvalue weighted by molar-refractivity contribution is 0.145. The van der Waals surface area contributed by atoms with Crippen molar-refractivity contribution in [1.82, 2.24) is 15.1 Å². The van der Waals surface area contributed by atoms with E-state index < -0.39 is 20.7 Å². The molecule has 3 atom stereocenters. The molecule has 1 aromatic heterocycles. The molecule has 2 rings (SSSR count). The number of halogens is 1. The van der Waals surface area contributed by atoms with Gasteiger partial charge >= 0.3 is 0 Å². The molecule has 1 fully saturated rings. The lowest BCUT2D eigenvalue weighted by Crippen LogP contribution is -2.47. The minimum absolute atomic E-state index is 0.0861. The first-order valence-electron chi connectivity index (χ1n) is 7.37. The number of nitrogens with one attached hydrogen (secondary N) is 1. The van der Waals surface area contributed by atoms with Crippen LogP contribution in [0.5, 0.6) is 0 Å². The highest BCUT2D eigenvalue weighted by Crippen LogP contribution is 2.28. The normalized spacial score (nSPS) is 26.5. The van der Waals surface area contributed by atoms with Gasteiger partial charge in [-0.15, -0.1) is 0 Å². The largest absolute Gasteiger partial charge is 0.391 e. The summed E-state index contributed by atoms with van der Waals surface area (Å²) in [6.45, 7) is 4.42. The number of hydrogen-bond acceptors (Lipinski definition) is 5. The zero-order valence-electron chi connectivity index (χ0n) is 13.2. The molecule has 1 aliphatic rings. The average molecular weight is 350 g/mol. The molecular weight excluding hydrogens is 326 g/mol. The van der Waals surface area contributed by atoms with Crippen molar-refractivity contribution in [2.75, 3.05) is 12.8 Å². The topological polar surface area (TPSA) is 84.2 Å². The average Bonchev–Trinajstić information content (AvgIpc) is 2.92. The van der Waals surface area contributed by atoms with Gasteiger partial charge in [0.25, 0.3) is 0 Å². The number of aromatic nitrogens is 2. The monoisotopic (exact) mass is 349 g/mol. The van der Waals surface area contributed by atoms with Crippen LogP contribution in [0.3, 0.4) is 0 Å². The molecule has 0 spiro atoms. The van der Waals surface area contributed by atoms with Crippen LogP contribution in [0.25, 0.3) is 0 Å². The van der Waals surface area contributed by atoms with Crippen molar-refractivity contribution < 1.29 is 13.5 Å². The van der Waals surface area contributed by atoms with Crippen LogP contribution in [-0.2, 0) is 16.4 Å². The third-order valence-corrected chi connectivity index (χ3v) is 6.81. The van der Waals surface area contributed by atoms with E-state index in [0.29, 0.717) is 30.5 Å². The second kappa shape index (κ2) is 6.47. The second-order valence-corrected chi connectivity index (χ2v) is 9.89. The fourth-order valence-corrected chi connectivity index (χ4v) is 3.20. The summed E-state index contributed by atoms with van der Waals surface area (Å²) >= 11 is 5.84. The molecule has 1 unspecified atom stereocenters. The molecule has 1 aliphatic carbocycles. The first-order valence-corrected chi connectivity index (χ1v) is 9.64. The Kier molecular flexibility index (Phi) is 5.21. The van der Waals surface area contributed by atoms with Gasteiger partial charge in [-0.2, -0.15) is 5.10 Å². The molecule has 0 aromatic carbocycles. The lowest BCUT2D eigenvalue weighted by Gasteiger charge is -2.26. The Morgan fingerprint density at radius 3 is 2.73 bits per heavy atom. The van der Waals surface area contributed by atoms with Crippen molar-refractivity contribution in [1.29, 1.82) is 0 Å².